The summed E-state index contributed by atoms with van der Waals surface area (Å²) in [6, 6.07) is 0.526. The number of hydrogen-bond acceptors (Lipinski definition) is 3. The van der Waals surface area contributed by atoms with Gasteiger partial charge in [0.1, 0.15) is 0 Å². The Labute approximate surface area is 93.8 Å². The minimum Gasteiger partial charge on any atom is -0.314 e. The molecule has 3 nitrogen and oxygen atoms in total. The molecule has 2 N–H and O–H groups in total. The van der Waals surface area contributed by atoms with Crippen LogP contribution in [0, 0.1) is 0 Å². The van der Waals surface area contributed by atoms with Gasteiger partial charge in [-0.05, 0) is 53.5 Å². The topological polar surface area (TPSA) is 35.5 Å². The Morgan fingerprint density at radius 3 is 2.07 bits per heavy atom. The lowest BCUT2D eigenvalue weighted by Crippen LogP contribution is -2.62. The third-order valence-electron chi connectivity index (χ3n) is 3.32. The zero-order chi connectivity index (χ0) is 11.7. The second-order valence-corrected chi connectivity index (χ2v) is 6.00. The summed E-state index contributed by atoms with van der Waals surface area (Å²) in [6.07, 6.45) is 3.18. The van der Waals surface area contributed by atoms with Crippen LogP contribution in [0.1, 0.15) is 53.9 Å². The van der Waals surface area contributed by atoms with E-state index in [4.69, 9.17) is 0 Å². The smallest absolute Gasteiger partial charge is 0.0425 e. The van der Waals surface area contributed by atoms with Gasteiger partial charge in [-0.2, -0.15) is 5.06 Å². The van der Waals surface area contributed by atoms with E-state index < -0.39 is 0 Å². The summed E-state index contributed by atoms with van der Waals surface area (Å²) in [7, 11) is 0. The Bertz CT molecular complexity index is 196. The molecule has 1 fully saturated rings. The van der Waals surface area contributed by atoms with Gasteiger partial charge in [-0.15, -0.1) is 0 Å². The van der Waals surface area contributed by atoms with Crippen molar-refractivity contribution >= 4 is 0 Å². The van der Waals surface area contributed by atoms with Gasteiger partial charge in [0.15, 0.2) is 0 Å². The summed E-state index contributed by atoms with van der Waals surface area (Å²) in [5.74, 6) is 0. The van der Waals surface area contributed by atoms with Crippen molar-refractivity contribution in [1.82, 2.24) is 10.4 Å². The van der Waals surface area contributed by atoms with Gasteiger partial charge in [-0.25, -0.2) is 0 Å². The van der Waals surface area contributed by atoms with Crippen molar-refractivity contribution in [3.05, 3.63) is 0 Å². The number of nitrogens with one attached hydrogen (secondary N) is 1. The van der Waals surface area contributed by atoms with Crippen LogP contribution < -0.4 is 5.32 Å². The first-order chi connectivity index (χ1) is 6.79. The molecule has 15 heavy (non-hydrogen) atoms. The number of hydrogen-bond donors (Lipinski definition) is 2. The first-order valence-corrected chi connectivity index (χ1v) is 6.02. The fourth-order valence-electron chi connectivity index (χ4n) is 2.76. The first kappa shape index (κ1) is 12.9. The molecule has 0 spiro atoms. The number of nitrogens with zero attached hydrogens (tertiary/aromatic N) is 1. The number of piperidine rings is 1. The molecular formula is C12H26N2O. The minimum atomic E-state index is -0.132. The molecule has 0 bridgehead atoms. The minimum absolute atomic E-state index is 0.132. The van der Waals surface area contributed by atoms with Gasteiger partial charge in [0.25, 0.3) is 0 Å². The standard InChI is InChI=1S/C12H26N2O/c1-6-7-13-10-8-11(2,3)14(15)12(4,5)9-10/h10,13,15H,6-9H2,1-5H3. The van der Waals surface area contributed by atoms with Gasteiger partial charge in [0.2, 0.25) is 0 Å². The van der Waals surface area contributed by atoms with Gasteiger partial charge >= 0.3 is 0 Å². The molecule has 1 aliphatic rings. The molecule has 0 aromatic heterocycles. The van der Waals surface area contributed by atoms with Crippen molar-refractivity contribution < 1.29 is 5.21 Å². The largest absolute Gasteiger partial charge is 0.314 e. The molecular weight excluding hydrogens is 188 g/mol. The molecule has 0 aromatic carbocycles. The molecule has 0 saturated carbocycles. The Kier molecular flexibility index (Phi) is 3.80. The van der Waals surface area contributed by atoms with Crippen LogP contribution in [0.3, 0.4) is 0 Å². The lowest BCUT2D eigenvalue weighted by molar-refractivity contribution is -0.246. The lowest BCUT2D eigenvalue weighted by Gasteiger charge is -2.51. The predicted octanol–water partition coefficient (Wildman–Crippen LogP) is 2.40. The second-order valence-electron chi connectivity index (χ2n) is 6.00. The summed E-state index contributed by atoms with van der Waals surface area (Å²) in [4.78, 5) is 0. The summed E-state index contributed by atoms with van der Waals surface area (Å²) in [6.45, 7) is 11.7. The van der Waals surface area contributed by atoms with E-state index in [2.05, 4.69) is 39.9 Å². The van der Waals surface area contributed by atoms with E-state index in [1.165, 1.54) is 11.5 Å². The lowest BCUT2D eigenvalue weighted by atomic mass is 9.79. The molecule has 1 aliphatic heterocycles. The van der Waals surface area contributed by atoms with Crippen LogP contribution in [0.25, 0.3) is 0 Å². The first-order valence-electron chi connectivity index (χ1n) is 6.02. The quantitative estimate of drug-likeness (QED) is 0.757. The van der Waals surface area contributed by atoms with Gasteiger partial charge in [-0.3, -0.25) is 0 Å². The third-order valence-corrected chi connectivity index (χ3v) is 3.32. The van der Waals surface area contributed by atoms with Crippen LogP contribution in [0.5, 0.6) is 0 Å². The van der Waals surface area contributed by atoms with Crippen LogP contribution in [-0.4, -0.2) is 33.9 Å². The van der Waals surface area contributed by atoms with Gasteiger partial charge in [0.05, 0.1) is 0 Å². The van der Waals surface area contributed by atoms with E-state index in [1.807, 2.05) is 0 Å². The predicted molar refractivity (Wildman–Crippen MR) is 63.1 cm³/mol. The van der Waals surface area contributed by atoms with E-state index in [-0.39, 0.29) is 11.1 Å². The van der Waals surface area contributed by atoms with Crippen molar-refractivity contribution in [2.24, 2.45) is 0 Å². The molecule has 0 aromatic rings. The van der Waals surface area contributed by atoms with Crippen LogP contribution >= 0.6 is 0 Å². The Morgan fingerprint density at radius 2 is 1.67 bits per heavy atom. The Morgan fingerprint density at radius 1 is 1.20 bits per heavy atom. The van der Waals surface area contributed by atoms with E-state index in [9.17, 15) is 5.21 Å². The Hall–Kier alpha value is -0.120. The van der Waals surface area contributed by atoms with Crippen LogP contribution in [-0.2, 0) is 0 Å². The van der Waals surface area contributed by atoms with Crippen LogP contribution in [0.2, 0.25) is 0 Å². The summed E-state index contributed by atoms with van der Waals surface area (Å²) >= 11 is 0. The third kappa shape index (κ3) is 2.92. The van der Waals surface area contributed by atoms with Gasteiger partial charge in [0, 0.05) is 17.1 Å². The average Bonchev–Trinajstić information content (AvgIpc) is 2.10. The van der Waals surface area contributed by atoms with Crippen molar-refractivity contribution in [1.29, 1.82) is 0 Å². The fourth-order valence-corrected chi connectivity index (χ4v) is 2.76. The zero-order valence-corrected chi connectivity index (χ0v) is 10.8. The summed E-state index contributed by atoms with van der Waals surface area (Å²) in [5.41, 5.74) is -0.264. The SMILES string of the molecule is CCCNC1CC(C)(C)N(O)C(C)(C)C1. The summed E-state index contributed by atoms with van der Waals surface area (Å²) in [5, 5.41) is 15.2. The molecule has 0 unspecified atom stereocenters. The van der Waals surface area contributed by atoms with Crippen molar-refractivity contribution in [3.63, 3.8) is 0 Å². The highest BCUT2D eigenvalue weighted by atomic mass is 16.5. The molecule has 1 rings (SSSR count). The molecule has 0 radical (unpaired) electrons. The maximum atomic E-state index is 10.1. The maximum absolute atomic E-state index is 10.1. The number of rotatable bonds is 3. The molecule has 0 aliphatic carbocycles. The monoisotopic (exact) mass is 214 g/mol. The molecule has 0 amide bonds. The van der Waals surface area contributed by atoms with E-state index >= 15 is 0 Å². The van der Waals surface area contributed by atoms with E-state index in [1.54, 1.807) is 0 Å². The van der Waals surface area contributed by atoms with Crippen molar-refractivity contribution in [2.45, 2.75) is 71.0 Å². The highest BCUT2D eigenvalue weighted by Gasteiger charge is 2.44. The normalized spacial score (nSPS) is 26.8. The van der Waals surface area contributed by atoms with Crippen LogP contribution in [0.15, 0.2) is 0 Å². The van der Waals surface area contributed by atoms with Crippen molar-refractivity contribution in [2.75, 3.05) is 6.54 Å². The fraction of sp³-hybridized carbons (Fsp3) is 1.00. The van der Waals surface area contributed by atoms with Gasteiger partial charge < -0.3 is 10.5 Å². The van der Waals surface area contributed by atoms with Crippen molar-refractivity contribution in [3.8, 4) is 0 Å². The highest BCUT2D eigenvalue weighted by molar-refractivity contribution is 4.98. The highest BCUT2D eigenvalue weighted by Crippen LogP contribution is 2.36. The molecule has 0 atom stereocenters. The van der Waals surface area contributed by atoms with E-state index in [0.717, 1.165) is 19.4 Å². The van der Waals surface area contributed by atoms with Gasteiger partial charge in [-0.1, -0.05) is 6.92 Å². The van der Waals surface area contributed by atoms with Crippen LogP contribution in [0.4, 0.5) is 0 Å². The zero-order valence-electron chi connectivity index (χ0n) is 10.8. The van der Waals surface area contributed by atoms with E-state index in [0.29, 0.717) is 6.04 Å². The molecule has 90 valence electrons. The average molecular weight is 214 g/mol. The number of hydroxylamine groups is 2. The maximum Gasteiger partial charge on any atom is 0.0425 e. The Balaban J connectivity index is 2.66. The second kappa shape index (κ2) is 4.40. The molecule has 3 heteroatoms. The molecule has 1 heterocycles. The summed E-state index contributed by atoms with van der Waals surface area (Å²) < 4.78 is 0. The molecule has 1 saturated heterocycles.